The van der Waals surface area contributed by atoms with Gasteiger partial charge in [-0.2, -0.15) is 0 Å². The van der Waals surface area contributed by atoms with E-state index in [9.17, 15) is 19.8 Å². The highest BCUT2D eigenvalue weighted by atomic mass is 16.5. The number of hydrogen-bond donors (Lipinski definition) is 3. The van der Waals surface area contributed by atoms with Gasteiger partial charge in [0.15, 0.2) is 0 Å². The van der Waals surface area contributed by atoms with Crippen molar-refractivity contribution >= 4 is 11.9 Å². The number of aliphatic hydroxyl groups excluding tert-OH is 2. The van der Waals surface area contributed by atoms with Crippen LogP contribution in [0.5, 0.6) is 0 Å². The zero-order valence-electron chi connectivity index (χ0n) is 46.7. The van der Waals surface area contributed by atoms with E-state index in [0.29, 0.717) is 19.3 Å². The topological polar surface area (TPSA) is 95.9 Å². The number of nitrogens with one attached hydrogen (secondary N) is 1. The number of carbonyl (C=O) groups is 2. The third kappa shape index (κ3) is 51.9. The highest BCUT2D eigenvalue weighted by Crippen LogP contribution is 2.18. The van der Waals surface area contributed by atoms with Gasteiger partial charge in [0, 0.05) is 6.42 Å². The van der Waals surface area contributed by atoms with Crippen molar-refractivity contribution < 1.29 is 24.5 Å². The van der Waals surface area contributed by atoms with Crippen molar-refractivity contribution in [3.63, 3.8) is 0 Å². The Morgan fingerprint density at radius 1 is 0.429 bits per heavy atom. The van der Waals surface area contributed by atoms with Crippen molar-refractivity contribution in [3.8, 4) is 0 Å². The van der Waals surface area contributed by atoms with E-state index in [1.165, 1.54) is 173 Å². The molecular formula is C64H117NO5. The van der Waals surface area contributed by atoms with Crippen LogP contribution in [0.1, 0.15) is 310 Å². The van der Waals surface area contributed by atoms with E-state index in [0.717, 1.165) is 89.9 Å². The van der Waals surface area contributed by atoms with E-state index in [1.807, 2.05) is 0 Å². The summed E-state index contributed by atoms with van der Waals surface area (Å²) in [5, 5.41) is 23.9. The van der Waals surface area contributed by atoms with Crippen molar-refractivity contribution in [3.05, 3.63) is 60.8 Å². The van der Waals surface area contributed by atoms with Crippen LogP contribution in [0.25, 0.3) is 0 Å². The average Bonchev–Trinajstić information content (AvgIpc) is 3.35. The highest BCUT2D eigenvalue weighted by Gasteiger charge is 2.24. The molecule has 6 nitrogen and oxygen atoms in total. The van der Waals surface area contributed by atoms with Crippen molar-refractivity contribution in [2.75, 3.05) is 6.61 Å². The second kappa shape index (κ2) is 57.5. The molecule has 0 saturated carbocycles. The van der Waals surface area contributed by atoms with Crippen LogP contribution in [0.3, 0.4) is 0 Å². The number of hydrogen-bond acceptors (Lipinski definition) is 5. The first kappa shape index (κ1) is 67.6. The van der Waals surface area contributed by atoms with Crippen molar-refractivity contribution in [1.29, 1.82) is 0 Å². The lowest BCUT2D eigenvalue weighted by Gasteiger charge is -2.24. The number of unbranched alkanes of at least 4 members (excludes halogenated alkanes) is 35. The third-order valence-electron chi connectivity index (χ3n) is 13.9. The number of amides is 1. The molecule has 0 heterocycles. The summed E-state index contributed by atoms with van der Waals surface area (Å²) in [6.07, 6.45) is 72.8. The molecule has 408 valence electrons. The van der Waals surface area contributed by atoms with Gasteiger partial charge in [-0.1, -0.05) is 274 Å². The molecule has 0 aliphatic heterocycles. The quantitative estimate of drug-likeness (QED) is 0.0244. The molecule has 3 N–H and O–H groups in total. The fraction of sp³-hybridized carbons (Fsp3) is 0.812. The lowest BCUT2D eigenvalue weighted by Crippen LogP contribution is -2.46. The molecule has 0 aliphatic rings. The number of carbonyl (C=O) groups excluding carboxylic acids is 2. The standard InChI is InChI=1S/C64H117NO5/c1-4-7-10-13-16-19-22-25-28-31-33-36-39-42-45-48-51-54-57-64(69)70-60(55-52-49-46-43-40-37-34-32-29-26-23-20-17-14-11-8-5-2)58-63(68)65-61(59-66)62(67)56-53-50-47-44-41-38-35-30-27-24-21-18-15-12-9-6-3/h17,20,22,25-26,28-29,31,33,36,60-62,66-67H,4-16,18-19,21,23-24,27,30,32,34-35,37-59H2,1-3H3,(H,65,68)/b20-17-,25-22+,29-26-,31-28+,36-33+. The van der Waals surface area contributed by atoms with Crippen LogP contribution >= 0.6 is 0 Å². The van der Waals surface area contributed by atoms with Gasteiger partial charge in [-0.3, -0.25) is 9.59 Å². The van der Waals surface area contributed by atoms with E-state index in [2.05, 4.69) is 86.8 Å². The number of rotatable bonds is 55. The fourth-order valence-electron chi connectivity index (χ4n) is 9.23. The Morgan fingerprint density at radius 3 is 1.23 bits per heavy atom. The van der Waals surface area contributed by atoms with E-state index >= 15 is 0 Å². The molecule has 0 radical (unpaired) electrons. The largest absolute Gasteiger partial charge is 0.462 e. The van der Waals surface area contributed by atoms with Gasteiger partial charge in [-0.15, -0.1) is 0 Å². The summed E-state index contributed by atoms with van der Waals surface area (Å²) < 4.78 is 5.97. The number of esters is 1. The van der Waals surface area contributed by atoms with Gasteiger partial charge in [0.1, 0.15) is 6.10 Å². The lowest BCUT2D eigenvalue weighted by molar-refractivity contribution is -0.151. The van der Waals surface area contributed by atoms with Gasteiger partial charge in [-0.25, -0.2) is 0 Å². The Balaban J connectivity index is 4.60. The number of allylic oxidation sites excluding steroid dienone is 10. The second-order valence-corrected chi connectivity index (χ2v) is 20.8. The average molecular weight is 981 g/mol. The van der Waals surface area contributed by atoms with Crippen molar-refractivity contribution in [2.45, 2.75) is 328 Å². The minimum atomic E-state index is -0.797. The molecule has 3 unspecified atom stereocenters. The summed E-state index contributed by atoms with van der Waals surface area (Å²) in [5.41, 5.74) is 0. The predicted octanol–water partition coefficient (Wildman–Crippen LogP) is 19.1. The molecule has 70 heavy (non-hydrogen) atoms. The molecule has 0 saturated heterocycles. The first-order valence-electron chi connectivity index (χ1n) is 30.5. The zero-order chi connectivity index (χ0) is 50.9. The molecule has 0 bridgehead atoms. The Labute approximate surface area is 435 Å². The Kier molecular flexibility index (Phi) is 55.5. The van der Waals surface area contributed by atoms with Gasteiger partial charge in [0.25, 0.3) is 0 Å². The smallest absolute Gasteiger partial charge is 0.306 e. The number of ether oxygens (including phenoxy) is 1. The molecule has 0 aromatic carbocycles. The van der Waals surface area contributed by atoms with Crippen LogP contribution in [-0.2, 0) is 14.3 Å². The maximum Gasteiger partial charge on any atom is 0.306 e. The minimum absolute atomic E-state index is 0.0638. The summed E-state index contributed by atoms with van der Waals surface area (Å²) in [4.78, 5) is 26.3. The third-order valence-corrected chi connectivity index (χ3v) is 13.9. The first-order valence-corrected chi connectivity index (χ1v) is 30.5. The molecule has 0 aromatic heterocycles. The monoisotopic (exact) mass is 980 g/mol. The SMILES string of the molecule is CCCCC/C=C\C/C=C\CCCCCCCCCC(CC(=O)NC(CO)C(O)CCCCCCCCCCCCCCCCCC)OC(=O)CCCCCCC/C=C/C=C/C=C/CCCCCCC. The minimum Gasteiger partial charge on any atom is -0.462 e. The summed E-state index contributed by atoms with van der Waals surface area (Å²) >= 11 is 0. The van der Waals surface area contributed by atoms with Crippen molar-refractivity contribution in [1.82, 2.24) is 5.32 Å². The van der Waals surface area contributed by atoms with Gasteiger partial charge >= 0.3 is 5.97 Å². The maximum atomic E-state index is 13.3. The van der Waals surface area contributed by atoms with E-state index in [1.54, 1.807) is 0 Å². The molecule has 0 rings (SSSR count). The normalized spacial score (nSPS) is 13.5. The van der Waals surface area contributed by atoms with E-state index < -0.39 is 18.2 Å². The molecule has 0 aromatic rings. The fourth-order valence-corrected chi connectivity index (χ4v) is 9.23. The first-order chi connectivity index (χ1) is 34.5. The summed E-state index contributed by atoms with van der Waals surface area (Å²) in [6, 6.07) is -0.711. The van der Waals surface area contributed by atoms with Gasteiger partial charge in [0.05, 0.1) is 25.2 Å². The molecule has 0 aliphatic carbocycles. The molecule has 6 heteroatoms. The zero-order valence-corrected chi connectivity index (χ0v) is 46.7. The van der Waals surface area contributed by atoms with Crippen LogP contribution in [-0.4, -0.2) is 46.9 Å². The van der Waals surface area contributed by atoms with Gasteiger partial charge in [0.2, 0.25) is 5.91 Å². The van der Waals surface area contributed by atoms with Crippen LogP contribution in [0, 0.1) is 0 Å². The summed E-state index contributed by atoms with van der Waals surface area (Å²) in [6.45, 7) is 6.47. The van der Waals surface area contributed by atoms with Crippen LogP contribution in [0.2, 0.25) is 0 Å². The van der Waals surface area contributed by atoms with Crippen LogP contribution in [0.15, 0.2) is 60.8 Å². The molecule has 3 atom stereocenters. The molecule has 1 amide bonds. The molecule has 0 fully saturated rings. The van der Waals surface area contributed by atoms with Gasteiger partial charge in [-0.05, 0) is 83.5 Å². The molecular weight excluding hydrogens is 863 g/mol. The summed E-state index contributed by atoms with van der Waals surface area (Å²) in [7, 11) is 0. The predicted molar refractivity (Wildman–Crippen MR) is 305 cm³/mol. The van der Waals surface area contributed by atoms with E-state index in [4.69, 9.17) is 4.74 Å². The Morgan fingerprint density at radius 2 is 0.786 bits per heavy atom. The van der Waals surface area contributed by atoms with Gasteiger partial charge < -0.3 is 20.3 Å². The Hall–Kier alpha value is -2.44. The maximum absolute atomic E-state index is 13.3. The van der Waals surface area contributed by atoms with Crippen LogP contribution in [0.4, 0.5) is 0 Å². The second-order valence-electron chi connectivity index (χ2n) is 20.8. The van der Waals surface area contributed by atoms with Crippen molar-refractivity contribution in [2.24, 2.45) is 0 Å². The van der Waals surface area contributed by atoms with E-state index in [-0.39, 0.29) is 24.9 Å². The summed E-state index contributed by atoms with van der Waals surface area (Å²) in [5.74, 6) is -0.494. The Bertz CT molecular complexity index is 1240. The number of aliphatic hydroxyl groups is 2. The molecule has 0 spiro atoms. The highest BCUT2D eigenvalue weighted by molar-refractivity contribution is 5.77. The van der Waals surface area contributed by atoms with Crippen LogP contribution < -0.4 is 5.32 Å². The lowest BCUT2D eigenvalue weighted by atomic mass is 10.0.